The van der Waals surface area contributed by atoms with Crippen molar-refractivity contribution >= 4 is 22.2 Å². The van der Waals surface area contributed by atoms with Gasteiger partial charge in [-0.1, -0.05) is 29.5 Å². The number of aryl methyl sites for hydroxylation is 1. The summed E-state index contributed by atoms with van der Waals surface area (Å²) >= 11 is 1.87. The van der Waals surface area contributed by atoms with Crippen molar-refractivity contribution in [1.29, 1.82) is 0 Å². The van der Waals surface area contributed by atoms with E-state index >= 15 is 0 Å². The summed E-state index contributed by atoms with van der Waals surface area (Å²) in [6.45, 7) is 2.03. The Bertz CT molecular complexity index is 645. The molecule has 0 saturated heterocycles. The van der Waals surface area contributed by atoms with Crippen molar-refractivity contribution in [2.45, 2.75) is 38.1 Å². The normalized spacial score (nSPS) is 17.9. The molecular formula is C17H21N3S. The summed E-state index contributed by atoms with van der Waals surface area (Å²) < 4.78 is 0. The van der Waals surface area contributed by atoms with E-state index in [1.807, 2.05) is 18.4 Å². The zero-order valence-electron chi connectivity index (χ0n) is 12.4. The fourth-order valence-corrected chi connectivity index (χ4v) is 4.36. The maximum Gasteiger partial charge on any atom is 0.190 e. The van der Waals surface area contributed by atoms with E-state index in [0.29, 0.717) is 0 Å². The van der Waals surface area contributed by atoms with E-state index in [1.165, 1.54) is 52.6 Å². The van der Waals surface area contributed by atoms with Crippen LogP contribution in [0, 0.1) is 0 Å². The van der Waals surface area contributed by atoms with Crippen molar-refractivity contribution in [3.63, 3.8) is 0 Å². The molecule has 0 bridgehead atoms. The molecule has 0 radical (unpaired) electrons. The minimum Gasteiger partial charge on any atom is -0.318 e. The highest BCUT2D eigenvalue weighted by molar-refractivity contribution is 7.15. The van der Waals surface area contributed by atoms with Crippen molar-refractivity contribution in [3.8, 4) is 0 Å². The first-order valence-electron chi connectivity index (χ1n) is 7.86. The third-order valence-electron chi connectivity index (χ3n) is 4.36. The average Bonchev–Trinajstić information content (AvgIpc) is 3.28. The Morgan fingerprint density at radius 2 is 2.19 bits per heavy atom. The van der Waals surface area contributed by atoms with Crippen LogP contribution in [-0.2, 0) is 13.0 Å². The average molecular weight is 299 g/mol. The summed E-state index contributed by atoms with van der Waals surface area (Å²) in [6.07, 6.45) is 5.04. The van der Waals surface area contributed by atoms with Gasteiger partial charge in [0.15, 0.2) is 5.13 Å². The van der Waals surface area contributed by atoms with Gasteiger partial charge < -0.3 is 10.2 Å². The first-order chi connectivity index (χ1) is 10.4. The molecule has 1 aromatic heterocycles. The molecule has 1 aliphatic heterocycles. The van der Waals surface area contributed by atoms with Gasteiger partial charge in [-0.2, -0.15) is 0 Å². The van der Waals surface area contributed by atoms with Crippen LogP contribution >= 0.6 is 11.3 Å². The van der Waals surface area contributed by atoms with Crippen molar-refractivity contribution in [2.24, 2.45) is 0 Å². The molecule has 4 heteroatoms. The number of anilines is 2. The Hall–Kier alpha value is -1.39. The summed E-state index contributed by atoms with van der Waals surface area (Å²) in [5, 5.41) is 4.48. The van der Waals surface area contributed by atoms with Crippen LogP contribution in [0.5, 0.6) is 0 Å². The Morgan fingerprint density at radius 1 is 1.33 bits per heavy atom. The van der Waals surface area contributed by atoms with E-state index in [4.69, 9.17) is 4.98 Å². The number of nitrogens with one attached hydrogen (secondary N) is 1. The minimum atomic E-state index is 0.721. The fraction of sp³-hybridized carbons (Fsp3) is 0.471. The molecule has 0 spiro atoms. The van der Waals surface area contributed by atoms with Crippen LogP contribution in [0.25, 0.3) is 0 Å². The second-order valence-electron chi connectivity index (χ2n) is 5.99. The first-order valence-corrected chi connectivity index (χ1v) is 8.68. The minimum absolute atomic E-state index is 0.721. The zero-order chi connectivity index (χ0) is 14.2. The Balaban J connectivity index is 1.72. The summed E-state index contributed by atoms with van der Waals surface area (Å²) in [7, 11) is 2.02. The number of hydrogen-bond donors (Lipinski definition) is 1. The Morgan fingerprint density at radius 3 is 3.00 bits per heavy atom. The van der Waals surface area contributed by atoms with Crippen molar-refractivity contribution in [2.75, 3.05) is 18.5 Å². The van der Waals surface area contributed by atoms with Crippen LogP contribution in [0.3, 0.4) is 0 Å². The molecule has 1 aromatic carbocycles. The monoisotopic (exact) mass is 299 g/mol. The van der Waals surface area contributed by atoms with Gasteiger partial charge in [0.2, 0.25) is 0 Å². The lowest BCUT2D eigenvalue weighted by molar-refractivity contribution is 0.762. The van der Waals surface area contributed by atoms with Crippen LogP contribution in [0.2, 0.25) is 0 Å². The maximum atomic E-state index is 5.02. The van der Waals surface area contributed by atoms with Crippen molar-refractivity contribution in [3.05, 3.63) is 40.4 Å². The molecule has 1 fully saturated rings. The molecule has 0 unspecified atom stereocenters. The molecule has 21 heavy (non-hydrogen) atoms. The van der Waals surface area contributed by atoms with Gasteiger partial charge in [0, 0.05) is 29.6 Å². The maximum absolute atomic E-state index is 5.02. The number of thiazole rings is 1. The molecule has 4 rings (SSSR count). The smallest absolute Gasteiger partial charge is 0.190 e. The lowest BCUT2D eigenvalue weighted by atomic mass is 10.0. The summed E-state index contributed by atoms with van der Waals surface area (Å²) in [6, 6.07) is 8.78. The molecule has 0 atom stereocenters. The zero-order valence-corrected chi connectivity index (χ0v) is 13.2. The number of rotatable bonds is 4. The second-order valence-corrected chi connectivity index (χ2v) is 7.06. The number of nitrogens with zero attached hydrogens (tertiary/aromatic N) is 2. The quantitative estimate of drug-likeness (QED) is 0.930. The number of benzene rings is 1. The van der Waals surface area contributed by atoms with Crippen LogP contribution < -0.4 is 10.2 Å². The fourth-order valence-electron chi connectivity index (χ4n) is 3.16. The third kappa shape index (κ3) is 2.47. The van der Waals surface area contributed by atoms with Crippen LogP contribution in [0.15, 0.2) is 24.3 Å². The van der Waals surface area contributed by atoms with Crippen LogP contribution in [0.4, 0.5) is 10.8 Å². The SMILES string of the molecule is CNCc1sc(N2CCCc3ccccc32)nc1C1CC1. The van der Waals surface area contributed by atoms with E-state index in [9.17, 15) is 0 Å². The molecule has 2 aliphatic rings. The standard InChI is InChI=1S/C17H21N3S/c1-18-11-15-16(13-8-9-13)19-17(21-15)20-10-4-6-12-5-2-3-7-14(12)20/h2-3,5,7,13,18H,4,6,8-11H2,1H3. The largest absolute Gasteiger partial charge is 0.318 e. The molecule has 0 amide bonds. The van der Waals surface area contributed by atoms with Crippen LogP contribution in [-0.4, -0.2) is 18.6 Å². The van der Waals surface area contributed by atoms with Gasteiger partial charge in [-0.3, -0.25) is 0 Å². The van der Waals surface area contributed by atoms with Crippen molar-refractivity contribution in [1.82, 2.24) is 10.3 Å². The van der Waals surface area contributed by atoms with Gasteiger partial charge in [-0.15, -0.1) is 0 Å². The number of aromatic nitrogens is 1. The summed E-state index contributed by atoms with van der Waals surface area (Å²) in [5.41, 5.74) is 4.17. The Kier molecular flexibility index (Phi) is 3.43. The van der Waals surface area contributed by atoms with E-state index in [1.54, 1.807) is 0 Å². The van der Waals surface area contributed by atoms with E-state index < -0.39 is 0 Å². The predicted octanol–water partition coefficient (Wildman–Crippen LogP) is 3.82. The van der Waals surface area contributed by atoms with Gasteiger partial charge in [-0.05, 0) is 44.4 Å². The van der Waals surface area contributed by atoms with Gasteiger partial charge >= 0.3 is 0 Å². The lowest BCUT2D eigenvalue weighted by Gasteiger charge is -2.28. The van der Waals surface area contributed by atoms with E-state index in [2.05, 4.69) is 34.5 Å². The van der Waals surface area contributed by atoms with E-state index in [-0.39, 0.29) is 0 Å². The first kappa shape index (κ1) is 13.3. The number of para-hydroxylation sites is 1. The van der Waals surface area contributed by atoms with Gasteiger partial charge in [0.05, 0.1) is 5.69 Å². The Labute approximate surface area is 130 Å². The number of hydrogen-bond acceptors (Lipinski definition) is 4. The lowest BCUT2D eigenvalue weighted by Crippen LogP contribution is -2.24. The molecule has 3 nitrogen and oxygen atoms in total. The van der Waals surface area contributed by atoms with Crippen molar-refractivity contribution < 1.29 is 0 Å². The molecule has 110 valence electrons. The third-order valence-corrected chi connectivity index (χ3v) is 5.45. The molecule has 2 heterocycles. The molecular weight excluding hydrogens is 278 g/mol. The van der Waals surface area contributed by atoms with Gasteiger partial charge in [0.1, 0.15) is 0 Å². The van der Waals surface area contributed by atoms with Gasteiger partial charge in [0.25, 0.3) is 0 Å². The highest BCUT2D eigenvalue weighted by atomic mass is 32.1. The molecule has 1 aliphatic carbocycles. The molecule has 1 N–H and O–H groups in total. The molecule has 1 saturated carbocycles. The predicted molar refractivity (Wildman–Crippen MR) is 88.6 cm³/mol. The second kappa shape index (κ2) is 5.43. The van der Waals surface area contributed by atoms with Crippen LogP contribution in [0.1, 0.15) is 41.3 Å². The number of fused-ring (bicyclic) bond motifs is 1. The topological polar surface area (TPSA) is 28.2 Å². The summed E-state index contributed by atoms with van der Waals surface area (Å²) in [5.74, 6) is 0.721. The van der Waals surface area contributed by atoms with Gasteiger partial charge in [-0.25, -0.2) is 4.98 Å². The highest BCUT2D eigenvalue weighted by Crippen LogP contribution is 2.45. The highest BCUT2D eigenvalue weighted by Gasteiger charge is 2.31. The summed E-state index contributed by atoms with van der Waals surface area (Å²) in [4.78, 5) is 8.87. The van der Waals surface area contributed by atoms with E-state index in [0.717, 1.165) is 19.0 Å². The molecule has 2 aromatic rings.